The van der Waals surface area contributed by atoms with Crippen LogP contribution in [0.5, 0.6) is 0 Å². The summed E-state index contributed by atoms with van der Waals surface area (Å²) in [4.78, 5) is 6.30. The molecule has 0 amide bonds. The lowest BCUT2D eigenvalue weighted by Gasteiger charge is -2.26. The third-order valence-electron chi connectivity index (χ3n) is 4.24. The second-order valence-corrected chi connectivity index (χ2v) is 9.25. The largest absolute Gasteiger partial charge is 0.423 e. The molecule has 1 saturated heterocycles. The van der Waals surface area contributed by atoms with E-state index in [2.05, 4.69) is 4.98 Å². The zero-order valence-electron chi connectivity index (χ0n) is 14.8. The van der Waals surface area contributed by atoms with Gasteiger partial charge in [-0.1, -0.05) is 20.8 Å². The molecule has 3 rings (SSSR count). The van der Waals surface area contributed by atoms with Gasteiger partial charge in [0.05, 0.1) is 4.90 Å². The van der Waals surface area contributed by atoms with E-state index in [1.165, 1.54) is 12.1 Å². The van der Waals surface area contributed by atoms with Gasteiger partial charge in [0, 0.05) is 18.5 Å². The van der Waals surface area contributed by atoms with Crippen LogP contribution >= 0.6 is 0 Å². The molecule has 1 fully saturated rings. The molecular formula is C18H23FN2O3S. The summed E-state index contributed by atoms with van der Waals surface area (Å²) in [5, 5.41) is -0.0778. The maximum Gasteiger partial charge on any atom is 0.236 e. The second-order valence-electron chi connectivity index (χ2n) is 7.38. The minimum Gasteiger partial charge on any atom is -0.423 e. The van der Waals surface area contributed by atoms with Gasteiger partial charge >= 0.3 is 0 Å². The summed E-state index contributed by atoms with van der Waals surface area (Å²) in [5.74, 6) is 0.202. The van der Waals surface area contributed by atoms with Gasteiger partial charge in [0.1, 0.15) is 5.82 Å². The van der Waals surface area contributed by atoms with Crippen molar-refractivity contribution in [1.82, 2.24) is 4.98 Å². The van der Waals surface area contributed by atoms with Crippen molar-refractivity contribution in [3.05, 3.63) is 36.0 Å². The average molecular weight is 366 g/mol. The van der Waals surface area contributed by atoms with Crippen LogP contribution < -0.4 is 4.90 Å². The number of hydrogen-bond donors (Lipinski definition) is 0. The first kappa shape index (κ1) is 17.9. The second kappa shape index (κ2) is 6.44. The number of aromatic nitrogens is 1. The van der Waals surface area contributed by atoms with Crippen LogP contribution in [0.4, 0.5) is 10.3 Å². The standard InChI is InChI=1S/C18H23FN2O3S/c1-18(2,3)17-20-15(16(24-17)21-11-5-4-6-12-21)25(22,23)14-9-7-13(19)8-10-14/h7-10H,4-6,11-12H2,1-3H3. The first-order chi connectivity index (χ1) is 11.7. The Hall–Kier alpha value is -1.89. The number of piperidine rings is 1. The lowest BCUT2D eigenvalue weighted by molar-refractivity contribution is 0.386. The van der Waals surface area contributed by atoms with Gasteiger partial charge in [0.25, 0.3) is 0 Å². The summed E-state index contributed by atoms with van der Waals surface area (Å²) in [5.41, 5.74) is -0.416. The summed E-state index contributed by atoms with van der Waals surface area (Å²) < 4.78 is 45.2. The van der Waals surface area contributed by atoms with Gasteiger partial charge in [-0.05, 0) is 43.5 Å². The van der Waals surface area contributed by atoms with Crippen LogP contribution in [-0.4, -0.2) is 26.5 Å². The number of hydrogen-bond acceptors (Lipinski definition) is 5. The van der Waals surface area contributed by atoms with Crippen LogP contribution in [0, 0.1) is 5.82 Å². The van der Waals surface area contributed by atoms with E-state index in [0.29, 0.717) is 11.8 Å². The monoisotopic (exact) mass is 366 g/mol. The lowest BCUT2D eigenvalue weighted by atomic mass is 9.97. The molecule has 0 aliphatic carbocycles. The van der Waals surface area contributed by atoms with Gasteiger partial charge in [0.2, 0.25) is 26.6 Å². The molecule has 0 bridgehead atoms. The molecule has 1 aliphatic heterocycles. The Kier molecular flexibility index (Phi) is 4.62. The fourth-order valence-electron chi connectivity index (χ4n) is 2.82. The molecular weight excluding hydrogens is 343 g/mol. The minimum atomic E-state index is -3.89. The van der Waals surface area contributed by atoms with Gasteiger partial charge < -0.3 is 9.32 Å². The molecule has 2 heterocycles. The summed E-state index contributed by atoms with van der Waals surface area (Å²) >= 11 is 0. The highest BCUT2D eigenvalue weighted by Gasteiger charge is 2.34. The molecule has 0 radical (unpaired) electrons. The van der Waals surface area contributed by atoms with Gasteiger partial charge in [-0.25, -0.2) is 12.8 Å². The Morgan fingerprint density at radius 1 is 1.08 bits per heavy atom. The zero-order valence-corrected chi connectivity index (χ0v) is 15.6. The fraction of sp³-hybridized carbons (Fsp3) is 0.500. The summed E-state index contributed by atoms with van der Waals surface area (Å²) in [6, 6.07) is 4.79. The number of oxazole rings is 1. The summed E-state index contributed by atoms with van der Waals surface area (Å²) in [7, 11) is -3.89. The smallest absolute Gasteiger partial charge is 0.236 e. The normalized spacial score (nSPS) is 16.2. The number of anilines is 1. The molecule has 0 atom stereocenters. The molecule has 0 spiro atoms. The van der Waals surface area contributed by atoms with Crippen molar-refractivity contribution in [3.63, 3.8) is 0 Å². The molecule has 1 aromatic heterocycles. The van der Waals surface area contributed by atoms with Crippen molar-refractivity contribution in [3.8, 4) is 0 Å². The average Bonchev–Trinajstić information content (AvgIpc) is 3.02. The van der Waals surface area contributed by atoms with Crippen molar-refractivity contribution < 1.29 is 17.2 Å². The van der Waals surface area contributed by atoms with Crippen molar-refractivity contribution in [2.75, 3.05) is 18.0 Å². The lowest BCUT2D eigenvalue weighted by Crippen LogP contribution is -2.30. The molecule has 25 heavy (non-hydrogen) atoms. The topological polar surface area (TPSA) is 63.4 Å². The quantitative estimate of drug-likeness (QED) is 0.770. The van der Waals surface area contributed by atoms with Crippen LogP contribution in [0.1, 0.15) is 45.9 Å². The van der Waals surface area contributed by atoms with Gasteiger partial charge in [0.15, 0.2) is 0 Å². The Labute approximate surface area is 147 Å². The molecule has 0 saturated carbocycles. The van der Waals surface area contributed by atoms with E-state index in [9.17, 15) is 12.8 Å². The highest BCUT2D eigenvalue weighted by Crippen LogP contribution is 2.36. The molecule has 5 nitrogen and oxygen atoms in total. The van der Waals surface area contributed by atoms with Crippen molar-refractivity contribution in [2.24, 2.45) is 0 Å². The maximum atomic E-state index is 13.2. The number of halogens is 1. The molecule has 2 aromatic rings. The number of rotatable bonds is 3. The number of sulfone groups is 1. The molecule has 1 aliphatic rings. The predicted octanol–water partition coefficient (Wildman–Crippen LogP) is 3.93. The minimum absolute atomic E-state index is 0.0147. The Balaban J connectivity index is 2.12. The van der Waals surface area contributed by atoms with Gasteiger partial charge in [-0.3, -0.25) is 0 Å². The van der Waals surface area contributed by atoms with E-state index >= 15 is 0 Å². The fourth-order valence-corrected chi connectivity index (χ4v) is 4.14. The third kappa shape index (κ3) is 3.56. The first-order valence-electron chi connectivity index (χ1n) is 8.46. The van der Waals surface area contributed by atoms with Crippen molar-refractivity contribution in [2.45, 2.75) is 55.4 Å². The molecule has 7 heteroatoms. The van der Waals surface area contributed by atoms with Crippen molar-refractivity contribution >= 4 is 15.7 Å². The van der Waals surface area contributed by atoms with Crippen LogP contribution in [0.2, 0.25) is 0 Å². The SMILES string of the molecule is CC(C)(C)c1nc(S(=O)(=O)c2ccc(F)cc2)c(N2CCCCC2)o1. The van der Waals surface area contributed by atoms with E-state index < -0.39 is 21.1 Å². The van der Waals surface area contributed by atoms with E-state index in [1.807, 2.05) is 25.7 Å². The first-order valence-corrected chi connectivity index (χ1v) is 9.95. The van der Waals surface area contributed by atoms with E-state index in [0.717, 1.165) is 44.5 Å². The van der Waals surface area contributed by atoms with Crippen molar-refractivity contribution in [1.29, 1.82) is 0 Å². The predicted molar refractivity (Wildman–Crippen MR) is 93.1 cm³/mol. The Morgan fingerprint density at radius 2 is 1.68 bits per heavy atom. The highest BCUT2D eigenvalue weighted by molar-refractivity contribution is 7.91. The highest BCUT2D eigenvalue weighted by atomic mass is 32.2. The zero-order chi connectivity index (χ0) is 18.2. The molecule has 0 N–H and O–H groups in total. The molecule has 1 aromatic carbocycles. The summed E-state index contributed by atoms with van der Waals surface area (Å²) in [6.07, 6.45) is 3.10. The van der Waals surface area contributed by atoms with Crippen LogP contribution in [0.3, 0.4) is 0 Å². The number of benzene rings is 1. The van der Waals surface area contributed by atoms with E-state index in [1.54, 1.807) is 0 Å². The van der Waals surface area contributed by atoms with Crippen LogP contribution in [0.15, 0.2) is 38.6 Å². The van der Waals surface area contributed by atoms with E-state index in [4.69, 9.17) is 4.42 Å². The van der Waals surface area contributed by atoms with Gasteiger partial charge in [-0.2, -0.15) is 4.98 Å². The van der Waals surface area contributed by atoms with Crippen LogP contribution in [-0.2, 0) is 15.3 Å². The van der Waals surface area contributed by atoms with E-state index in [-0.39, 0.29) is 9.92 Å². The number of nitrogens with zero attached hydrogens (tertiary/aromatic N) is 2. The molecule has 0 unspecified atom stereocenters. The van der Waals surface area contributed by atoms with Crippen LogP contribution in [0.25, 0.3) is 0 Å². The third-order valence-corrected chi connectivity index (χ3v) is 5.91. The Bertz CT molecular complexity index is 845. The Morgan fingerprint density at radius 3 is 2.24 bits per heavy atom. The summed E-state index contributed by atoms with van der Waals surface area (Å²) in [6.45, 7) is 7.25. The van der Waals surface area contributed by atoms with Gasteiger partial charge in [-0.15, -0.1) is 0 Å². The molecule has 136 valence electrons. The maximum absolute atomic E-state index is 13.2.